The fourth-order valence-electron chi connectivity index (χ4n) is 9.48. The van der Waals surface area contributed by atoms with Crippen molar-refractivity contribution in [3.05, 3.63) is 24.3 Å². The zero-order valence-electron chi connectivity index (χ0n) is 44.5. The predicted octanol–water partition coefficient (Wildman–Crippen LogP) is 17.4. The van der Waals surface area contributed by atoms with E-state index >= 15 is 0 Å². The number of unbranched alkanes of at least 4 members (excludes halogenated alkanes) is 42. The average molecular weight is 933 g/mol. The van der Waals surface area contributed by atoms with E-state index in [1.54, 1.807) is 0 Å². The van der Waals surface area contributed by atoms with E-state index in [-0.39, 0.29) is 0 Å². The van der Waals surface area contributed by atoms with E-state index in [9.17, 15) is 25.2 Å². The van der Waals surface area contributed by atoms with Gasteiger partial charge in [0.05, 0.1) is 18.8 Å². The van der Waals surface area contributed by atoms with E-state index < -0.39 is 36.9 Å². The topological polar surface area (TPSA) is 110 Å². The second-order valence-corrected chi connectivity index (χ2v) is 20.7. The lowest BCUT2D eigenvalue weighted by atomic mass is 10.00. The Hall–Kier alpha value is -1.21. The molecule has 0 aliphatic carbocycles. The molecule has 0 heterocycles. The monoisotopic (exact) mass is 932 g/mol. The van der Waals surface area contributed by atoms with Crippen LogP contribution in [0.4, 0.5) is 0 Å². The van der Waals surface area contributed by atoms with Crippen LogP contribution in [0.15, 0.2) is 24.3 Å². The molecule has 0 radical (unpaired) electrons. The maximum absolute atomic E-state index is 12.6. The Morgan fingerprint density at radius 2 is 0.636 bits per heavy atom. The molecule has 4 atom stereocenters. The van der Waals surface area contributed by atoms with E-state index in [0.717, 1.165) is 38.5 Å². The summed E-state index contributed by atoms with van der Waals surface area (Å²) in [4.78, 5) is 12.6. The SMILES string of the molecule is CCCCCCCCC/C=C/CC/C=C/CCCC(O)C(O)C(CO)NC(=O)C(O)CCCCCCCCCCCCCCCCCCCCCCCCCCCCCCCCCCCC. The van der Waals surface area contributed by atoms with Crippen molar-refractivity contribution in [2.24, 2.45) is 0 Å². The van der Waals surface area contributed by atoms with Gasteiger partial charge in [-0.15, -0.1) is 0 Å². The molecule has 392 valence electrons. The predicted molar refractivity (Wildman–Crippen MR) is 288 cm³/mol. The summed E-state index contributed by atoms with van der Waals surface area (Å²) in [6.45, 7) is 4.06. The van der Waals surface area contributed by atoms with Crippen molar-refractivity contribution in [1.82, 2.24) is 5.32 Å². The highest BCUT2D eigenvalue weighted by Gasteiger charge is 2.28. The van der Waals surface area contributed by atoms with Gasteiger partial charge in [0, 0.05) is 0 Å². The summed E-state index contributed by atoms with van der Waals surface area (Å²) in [5.74, 6) is -0.592. The summed E-state index contributed by atoms with van der Waals surface area (Å²) < 4.78 is 0. The number of carbonyl (C=O) groups excluding carboxylic acids is 1. The Kier molecular flexibility index (Phi) is 53.7. The van der Waals surface area contributed by atoms with Gasteiger partial charge in [0.1, 0.15) is 12.2 Å². The highest BCUT2D eigenvalue weighted by molar-refractivity contribution is 5.80. The lowest BCUT2D eigenvalue weighted by Gasteiger charge is -2.27. The number of hydrogen-bond acceptors (Lipinski definition) is 5. The van der Waals surface area contributed by atoms with E-state index in [1.165, 1.54) is 250 Å². The van der Waals surface area contributed by atoms with Crippen LogP contribution in [-0.2, 0) is 4.79 Å². The van der Waals surface area contributed by atoms with Crippen molar-refractivity contribution in [2.45, 2.75) is 346 Å². The van der Waals surface area contributed by atoms with Crippen LogP contribution in [0.5, 0.6) is 0 Å². The van der Waals surface area contributed by atoms with Crippen molar-refractivity contribution in [3.63, 3.8) is 0 Å². The molecule has 0 aromatic heterocycles. The highest BCUT2D eigenvalue weighted by Crippen LogP contribution is 2.18. The van der Waals surface area contributed by atoms with Crippen LogP contribution in [-0.4, -0.2) is 57.3 Å². The normalized spacial score (nSPS) is 13.8. The van der Waals surface area contributed by atoms with Gasteiger partial charge in [0.2, 0.25) is 5.91 Å². The summed E-state index contributed by atoms with van der Waals surface area (Å²) in [5.41, 5.74) is 0. The molecule has 66 heavy (non-hydrogen) atoms. The summed E-state index contributed by atoms with van der Waals surface area (Å²) in [5, 5.41) is 43.9. The van der Waals surface area contributed by atoms with Crippen LogP contribution in [0, 0.1) is 0 Å². The number of aliphatic hydroxyl groups excluding tert-OH is 4. The van der Waals surface area contributed by atoms with Gasteiger partial charge in [-0.25, -0.2) is 0 Å². The number of carbonyl (C=O) groups is 1. The first-order chi connectivity index (χ1) is 32.5. The summed E-state index contributed by atoms with van der Waals surface area (Å²) >= 11 is 0. The Labute approximate surface area is 412 Å². The molecular formula is C60H117NO5. The number of aliphatic hydroxyl groups is 4. The first-order valence-electron chi connectivity index (χ1n) is 29.7. The Morgan fingerprint density at radius 1 is 0.364 bits per heavy atom. The van der Waals surface area contributed by atoms with Crippen molar-refractivity contribution >= 4 is 5.91 Å². The van der Waals surface area contributed by atoms with Crippen molar-refractivity contribution in [3.8, 4) is 0 Å². The maximum Gasteiger partial charge on any atom is 0.249 e. The van der Waals surface area contributed by atoms with Gasteiger partial charge in [0.25, 0.3) is 0 Å². The quantitative estimate of drug-likeness (QED) is 0.0308. The molecule has 4 unspecified atom stereocenters. The summed E-state index contributed by atoms with van der Waals surface area (Å²) in [7, 11) is 0. The van der Waals surface area contributed by atoms with Gasteiger partial charge >= 0.3 is 0 Å². The fraction of sp³-hybridized carbons (Fsp3) is 0.917. The molecule has 0 bridgehead atoms. The molecule has 0 aliphatic rings. The highest BCUT2D eigenvalue weighted by atomic mass is 16.3. The van der Waals surface area contributed by atoms with Crippen LogP contribution in [0.3, 0.4) is 0 Å². The molecule has 0 aliphatic heterocycles. The third kappa shape index (κ3) is 47.8. The second kappa shape index (κ2) is 54.7. The number of hydrogen-bond donors (Lipinski definition) is 5. The van der Waals surface area contributed by atoms with Crippen LogP contribution in [0.25, 0.3) is 0 Å². The lowest BCUT2D eigenvalue weighted by molar-refractivity contribution is -0.132. The number of allylic oxidation sites excluding steroid dienone is 4. The molecule has 1 amide bonds. The van der Waals surface area contributed by atoms with Crippen LogP contribution in [0.1, 0.15) is 322 Å². The molecule has 0 spiro atoms. The standard InChI is InChI=1S/C60H117NO5/c1-3-5-7-9-11-13-15-17-19-21-22-23-24-25-26-27-28-29-30-31-32-33-34-35-36-37-38-40-42-44-46-48-50-52-54-58(64)60(66)61-56(55-62)59(65)57(63)53-51-49-47-45-43-41-39-20-18-16-14-12-10-8-6-4-2/h20,39,45,47,56-59,62-65H,3-19,21-38,40-44,46,48-55H2,1-2H3,(H,61,66)/b39-20+,47-45+. The van der Waals surface area contributed by atoms with Crippen LogP contribution >= 0.6 is 0 Å². The van der Waals surface area contributed by atoms with Crippen LogP contribution in [0.2, 0.25) is 0 Å². The minimum atomic E-state index is -1.29. The number of rotatable bonds is 55. The third-order valence-electron chi connectivity index (χ3n) is 14.1. The Bertz CT molecular complexity index is 1000. The molecule has 0 fully saturated rings. The van der Waals surface area contributed by atoms with Gasteiger partial charge in [0.15, 0.2) is 0 Å². The summed E-state index contributed by atoms with van der Waals surface area (Å²) in [6.07, 6.45) is 67.1. The molecule has 0 saturated carbocycles. The number of nitrogens with one attached hydrogen (secondary N) is 1. The average Bonchev–Trinajstić information content (AvgIpc) is 3.32. The van der Waals surface area contributed by atoms with E-state index in [2.05, 4.69) is 43.5 Å². The van der Waals surface area contributed by atoms with Gasteiger partial charge in [-0.05, 0) is 51.4 Å². The fourth-order valence-corrected chi connectivity index (χ4v) is 9.48. The zero-order chi connectivity index (χ0) is 48.1. The van der Waals surface area contributed by atoms with Crippen molar-refractivity contribution in [2.75, 3.05) is 6.61 Å². The lowest BCUT2D eigenvalue weighted by Crippen LogP contribution is -2.53. The van der Waals surface area contributed by atoms with Gasteiger partial charge < -0.3 is 25.7 Å². The maximum atomic E-state index is 12.6. The van der Waals surface area contributed by atoms with Crippen LogP contribution < -0.4 is 5.32 Å². The van der Waals surface area contributed by atoms with E-state index in [4.69, 9.17) is 0 Å². The molecule has 0 saturated heterocycles. The molecule has 6 heteroatoms. The largest absolute Gasteiger partial charge is 0.394 e. The Balaban J connectivity index is 3.54. The smallest absolute Gasteiger partial charge is 0.249 e. The molecule has 0 aromatic carbocycles. The summed E-state index contributed by atoms with van der Waals surface area (Å²) in [6, 6.07) is -1.01. The van der Waals surface area contributed by atoms with Crippen molar-refractivity contribution < 1.29 is 25.2 Å². The molecule has 0 aromatic rings. The minimum absolute atomic E-state index is 0.365. The zero-order valence-corrected chi connectivity index (χ0v) is 44.5. The molecule has 5 N–H and O–H groups in total. The molecule has 6 nitrogen and oxygen atoms in total. The van der Waals surface area contributed by atoms with Gasteiger partial charge in [-0.1, -0.05) is 295 Å². The minimum Gasteiger partial charge on any atom is -0.394 e. The first-order valence-corrected chi connectivity index (χ1v) is 29.7. The third-order valence-corrected chi connectivity index (χ3v) is 14.1. The van der Waals surface area contributed by atoms with Gasteiger partial charge in [-0.3, -0.25) is 4.79 Å². The Morgan fingerprint density at radius 3 is 0.955 bits per heavy atom. The molecule has 0 rings (SSSR count). The van der Waals surface area contributed by atoms with E-state index in [0.29, 0.717) is 19.3 Å². The van der Waals surface area contributed by atoms with Crippen molar-refractivity contribution in [1.29, 1.82) is 0 Å². The van der Waals surface area contributed by atoms with E-state index in [1.807, 2.05) is 0 Å². The second-order valence-electron chi connectivity index (χ2n) is 20.7. The van der Waals surface area contributed by atoms with Gasteiger partial charge in [-0.2, -0.15) is 0 Å². The molecular weight excluding hydrogens is 815 g/mol. The first kappa shape index (κ1) is 64.8. The number of amides is 1.